The Morgan fingerprint density at radius 1 is 1.53 bits per heavy atom. The first-order chi connectivity index (χ1) is 8.88. The van der Waals surface area contributed by atoms with Gasteiger partial charge in [0.2, 0.25) is 5.91 Å². The van der Waals surface area contributed by atoms with E-state index in [4.69, 9.17) is 10.5 Å². The van der Waals surface area contributed by atoms with Crippen molar-refractivity contribution in [2.45, 2.75) is 33.8 Å². The van der Waals surface area contributed by atoms with Crippen LogP contribution in [0, 0.1) is 5.41 Å². The number of carbonyl (C=O) groups is 1. The molecular weight excluding hydrogens is 242 g/mol. The van der Waals surface area contributed by atoms with Gasteiger partial charge in [-0.2, -0.15) is 0 Å². The molecule has 1 fully saturated rings. The standard InChI is InChI=1S/C14H29N3O2/c1-5-16(11-14(3,4)10-15)9-13(18)17-6-7-19-12(2)8-17/h12H,5-11,15H2,1-4H3. The lowest BCUT2D eigenvalue weighted by Gasteiger charge is -2.35. The summed E-state index contributed by atoms with van der Waals surface area (Å²) >= 11 is 0. The molecule has 0 spiro atoms. The van der Waals surface area contributed by atoms with Crippen molar-refractivity contribution in [2.24, 2.45) is 11.1 Å². The molecule has 5 nitrogen and oxygen atoms in total. The van der Waals surface area contributed by atoms with Gasteiger partial charge in [0.25, 0.3) is 0 Å². The molecule has 19 heavy (non-hydrogen) atoms. The number of carbonyl (C=O) groups excluding carboxylic acids is 1. The van der Waals surface area contributed by atoms with Gasteiger partial charge in [-0.15, -0.1) is 0 Å². The molecule has 1 aliphatic rings. The Hall–Kier alpha value is -0.650. The van der Waals surface area contributed by atoms with Crippen molar-refractivity contribution in [3.05, 3.63) is 0 Å². The summed E-state index contributed by atoms with van der Waals surface area (Å²) in [6, 6.07) is 0. The molecule has 1 rings (SSSR count). The van der Waals surface area contributed by atoms with Crippen molar-refractivity contribution in [3.63, 3.8) is 0 Å². The molecule has 1 atom stereocenters. The maximum absolute atomic E-state index is 12.3. The van der Waals surface area contributed by atoms with Crippen molar-refractivity contribution in [1.29, 1.82) is 0 Å². The van der Waals surface area contributed by atoms with Crippen molar-refractivity contribution in [1.82, 2.24) is 9.80 Å². The summed E-state index contributed by atoms with van der Waals surface area (Å²) in [5, 5.41) is 0. The van der Waals surface area contributed by atoms with E-state index in [1.54, 1.807) is 0 Å². The normalized spacial score (nSPS) is 20.9. The Morgan fingerprint density at radius 3 is 2.74 bits per heavy atom. The summed E-state index contributed by atoms with van der Waals surface area (Å²) in [7, 11) is 0. The maximum Gasteiger partial charge on any atom is 0.236 e. The molecule has 0 aliphatic carbocycles. The van der Waals surface area contributed by atoms with Crippen LogP contribution in [0.2, 0.25) is 0 Å². The summed E-state index contributed by atoms with van der Waals surface area (Å²) in [5.74, 6) is 0.199. The zero-order valence-electron chi connectivity index (χ0n) is 12.8. The summed E-state index contributed by atoms with van der Waals surface area (Å²) in [6.07, 6.45) is 0.147. The zero-order valence-corrected chi connectivity index (χ0v) is 12.8. The summed E-state index contributed by atoms with van der Waals surface area (Å²) in [6.45, 7) is 13.3. The smallest absolute Gasteiger partial charge is 0.236 e. The minimum atomic E-state index is 0.0502. The molecule has 5 heteroatoms. The van der Waals surface area contributed by atoms with Crippen molar-refractivity contribution in [3.8, 4) is 0 Å². The van der Waals surface area contributed by atoms with E-state index in [1.165, 1.54) is 0 Å². The monoisotopic (exact) mass is 271 g/mol. The number of hydrogen-bond acceptors (Lipinski definition) is 4. The van der Waals surface area contributed by atoms with E-state index in [2.05, 4.69) is 25.7 Å². The first-order valence-corrected chi connectivity index (χ1v) is 7.19. The second-order valence-electron chi connectivity index (χ2n) is 6.19. The molecular formula is C14H29N3O2. The second kappa shape index (κ2) is 7.22. The molecule has 1 heterocycles. The van der Waals surface area contributed by atoms with Crippen LogP contribution in [0.15, 0.2) is 0 Å². The lowest BCUT2D eigenvalue weighted by atomic mass is 9.93. The minimum Gasteiger partial charge on any atom is -0.375 e. The Labute approximate surface area is 117 Å². The van der Waals surface area contributed by atoms with Gasteiger partial charge in [0, 0.05) is 19.6 Å². The highest BCUT2D eigenvalue weighted by molar-refractivity contribution is 5.78. The molecule has 0 aromatic carbocycles. The van der Waals surface area contributed by atoms with E-state index >= 15 is 0 Å². The van der Waals surface area contributed by atoms with Crippen LogP contribution < -0.4 is 5.73 Å². The topological polar surface area (TPSA) is 58.8 Å². The number of rotatable bonds is 6. The molecule has 0 radical (unpaired) electrons. The first-order valence-electron chi connectivity index (χ1n) is 7.19. The molecule has 0 aromatic heterocycles. The van der Waals surface area contributed by atoms with E-state index < -0.39 is 0 Å². The van der Waals surface area contributed by atoms with Crippen LogP contribution in [0.5, 0.6) is 0 Å². The lowest BCUT2D eigenvalue weighted by molar-refractivity contribution is -0.139. The molecule has 112 valence electrons. The number of amides is 1. The van der Waals surface area contributed by atoms with Crippen LogP contribution in [0.1, 0.15) is 27.7 Å². The fourth-order valence-electron chi connectivity index (χ4n) is 2.29. The Kier molecular flexibility index (Phi) is 6.23. The number of ether oxygens (including phenoxy) is 1. The van der Waals surface area contributed by atoms with E-state index in [-0.39, 0.29) is 17.4 Å². The average Bonchev–Trinajstić information content (AvgIpc) is 2.37. The van der Waals surface area contributed by atoms with Crippen LogP contribution in [-0.4, -0.2) is 67.7 Å². The minimum absolute atomic E-state index is 0.0502. The highest BCUT2D eigenvalue weighted by atomic mass is 16.5. The van der Waals surface area contributed by atoms with E-state index in [9.17, 15) is 4.79 Å². The van der Waals surface area contributed by atoms with Crippen LogP contribution in [0.4, 0.5) is 0 Å². The molecule has 1 saturated heterocycles. The van der Waals surface area contributed by atoms with E-state index in [0.29, 0.717) is 32.8 Å². The zero-order chi connectivity index (χ0) is 14.5. The number of likely N-dealkylation sites (N-methyl/N-ethyl adjacent to an activating group) is 1. The summed E-state index contributed by atoms with van der Waals surface area (Å²) in [5.41, 5.74) is 5.81. The number of nitrogens with zero attached hydrogens (tertiary/aromatic N) is 2. The molecule has 0 bridgehead atoms. The molecule has 1 unspecified atom stereocenters. The number of hydrogen-bond donors (Lipinski definition) is 1. The fraction of sp³-hybridized carbons (Fsp3) is 0.929. The molecule has 0 aromatic rings. The largest absolute Gasteiger partial charge is 0.375 e. The van der Waals surface area contributed by atoms with Crippen molar-refractivity contribution >= 4 is 5.91 Å². The van der Waals surface area contributed by atoms with Gasteiger partial charge >= 0.3 is 0 Å². The Bertz CT molecular complexity index is 294. The van der Waals surface area contributed by atoms with Crippen LogP contribution in [-0.2, 0) is 9.53 Å². The predicted molar refractivity (Wildman–Crippen MR) is 76.9 cm³/mol. The lowest BCUT2D eigenvalue weighted by Crippen LogP contribution is -2.49. The molecule has 2 N–H and O–H groups in total. The van der Waals surface area contributed by atoms with Gasteiger partial charge in [-0.1, -0.05) is 20.8 Å². The van der Waals surface area contributed by atoms with Crippen molar-refractivity contribution in [2.75, 3.05) is 45.9 Å². The number of morpholine rings is 1. The molecule has 1 aliphatic heterocycles. The maximum atomic E-state index is 12.3. The second-order valence-corrected chi connectivity index (χ2v) is 6.19. The summed E-state index contributed by atoms with van der Waals surface area (Å²) < 4.78 is 5.46. The quantitative estimate of drug-likeness (QED) is 0.766. The van der Waals surface area contributed by atoms with Gasteiger partial charge in [-0.3, -0.25) is 9.69 Å². The fourth-order valence-corrected chi connectivity index (χ4v) is 2.29. The van der Waals surface area contributed by atoms with Crippen LogP contribution in [0.25, 0.3) is 0 Å². The summed E-state index contributed by atoms with van der Waals surface area (Å²) in [4.78, 5) is 16.4. The van der Waals surface area contributed by atoms with Gasteiger partial charge in [-0.25, -0.2) is 0 Å². The first kappa shape index (κ1) is 16.4. The third kappa shape index (κ3) is 5.47. The van der Waals surface area contributed by atoms with E-state index in [0.717, 1.165) is 13.1 Å². The Balaban J connectivity index is 2.48. The van der Waals surface area contributed by atoms with Crippen LogP contribution in [0.3, 0.4) is 0 Å². The van der Waals surface area contributed by atoms with Crippen LogP contribution >= 0.6 is 0 Å². The SMILES string of the molecule is CCN(CC(=O)N1CCOC(C)C1)CC(C)(C)CN. The predicted octanol–water partition coefficient (Wildman–Crippen LogP) is 0.541. The number of nitrogens with two attached hydrogens (primary N) is 1. The van der Waals surface area contributed by atoms with E-state index in [1.807, 2.05) is 11.8 Å². The third-order valence-corrected chi connectivity index (χ3v) is 3.60. The van der Waals surface area contributed by atoms with Gasteiger partial charge in [-0.05, 0) is 25.4 Å². The Morgan fingerprint density at radius 2 is 2.21 bits per heavy atom. The molecule has 1 amide bonds. The molecule has 0 saturated carbocycles. The van der Waals surface area contributed by atoms with Crippen molar-refractivity contribution < 1.29 is 9.53 Å². The van der Waals surface area contributed by atoms with Gasteiger partial charge < -0.3 is 15.4 Å². The third-order valence-electron chi connectivity index (χ3n) is 3.60. The highest BCUT2D eigenvalue weighted by Crippen LogP contribution is 2.15. The highest BCUT2D eigenvalue weighted by Gasteiger charge is 2.25. The average molecular weight is 271 g/mol. The van der Waals surface area contributed by atoms with Gasteiger partial charge in [0.05, 0.1) is 19.3 Å². The van der Waals surface area contributed by atoms with Gasteiger partial charge in [0.1, 0.15) is 0 Å². The van der Waals surface area contributed by atoms with Gasteiger partial charge in [0.15, 0.2) is 0 Å².